The third kappa shape index (κ3) is 4.16. The predicted octanol–water partition coefficient (Wildman–Crippen LogP) is 3.63. The van der Waals surface area contributed by atoms with E-state index in [0.29, 0.717) is 17.0 Å². The van der Waals surface area contributed by atoms with Crippen LogP contribution in [0.1, 0.15) is 32.1 Å². The Morgan fingerprint density at radius 2 is 2.00 bits per heavy atom. The summed E-state index contributed by atoms with van der Waals surface area (Å²) < 4.78 is 0. The van der Waals surface area contributed by atoms with Crippen LogP contribution in [0.2, 0.25) is 0 Å². The molecule has 110 valence electrons. The molecule has 21 heavy (non-hydrogen) atoms. The van der Waals surface area contributed by atoms with E-state index >= 15 is 0 Å². The van der Waals surface area contributed by atoms with Crippen LogP contribution >= 0.6 is 11.3 Å². The van der Waals surface area contributed by atoms with E-state index in [1.807, 2.05) is 38.1 Å². The Kier molecular flexibility index (Phi) is 4.75. The molecule has 4 nitrogen and oxygen atoms in total. The SMILES string of the molecule is Cc1cc(C(=O)Nc2cccc(CCC(=O)O)c2)sc1C. The molecule has 5 heteroatoms. The van der Waals surface area contributed by atoms with E-state index in [1.165, 1.54) is 11.3 Å². The lowest BCUT2D eigenvalue weighted by Gasteiger charge is -2.06. The van der Waals surface area contributed by atoms with Crippen molar-refractivity contribution in [2.75, 3.05) is 5.32 Å². The van der Waals surface area contributed by atoms with E-state index < -0.39 is 5.97 Å². The predicted molar refractivity (Wildman–Crippen MR) is 84.1 cm³/mol. The number of thiophene rings is 1. The smallest absolute Gasteiger partial charge is 0.303 e. The number of hydrogen-bond donors (Lipinski definition) is 2. The topological polar surface area (TPSA) is 66.4 Å². The molecule has 0 aliphatic rings. The summed E-state index contributed by atoms with van der Waals surface area (Å²) in [5.74, 6) is -0.958. The minimum Gasteiger partial charge on any atom is -0.481 e. The van der Waals surface area contributed by atoms with Gasteiger partial charge in [0.15, 0.2) is 0 Å². The molecule has 0 aliphatic carbocycles. The molecule has 0 saturated carbocycles. The standard InChI is InChI=1S/C16H17NO3S/c1-10-8-14(21-11(10)2)16(20)17-13-5-3-4-12(9-13)6-7-15(18)19/h3-5,8-9H,6-7H2,1-2H3,(H,17,20)(H,18,19). The number of carbonyl (C=O) groups excluding carboxylic acids is 1. The van der Waals surface area contributed by atoms with Gasteiger partial charge in [0.05, 0.1) is 4.88 Å². The molecule has 0 bridgehead atoms. The van der Waals surface area contributed by atoms with Crippen molar-refractivity contribution in [3.05, 3.63) is 51.2 Å². The maximum atomic E-state index is 12.2. The van der Waals surface area contributed by atoms with Crippen molar-refractivity contribution in [1.29, 1.82) is 0 Å². The summed E-state index contributed by atoms with van der Waals surface area (Å²) in [7, 11) is 0. The lowest BCUT2D eigenvalue weighted by Crippen LogP contribution is -2.10. The number of anilines is 1. The Morgan fingerprint density at radius 1 is 1.24 bits per heavy atom. The summed E-state index contributed by atoms with van der Waals surface area (Å²) in [6, 6.07) is 9.17. The number of rotatable bonds is 5. The zero-order valence-electron chi connectivity index (χ0n) is 12.0. The summed E-state index contributed by atoms with van der Waals surface area (Å²) in [5, 5.41) is 11.5. The van der Waals surface area contributed by atoms with Crippen LogP contribution in [0.25, 0.3) is 0 Å². The molecule has 1 aromatic carbocycles. The Labute approximate surface area is 127 Å². The van der Waals surface area contributed by atoms with E-state index in [-0.39, 0.29) is 12.3 Å². The molecule has 1 aromatic heterocycles. The lowest BCUT2D eigenvalue weighted by atomic mass is 10.1. The molecular formula is C16H17NO3S. The van der Waals surface area contributed by atoms with Crippen molar-refractivity contribution >= 4 is 28.9 Å². The Hall–Kier alpha value is -2.14. The molecule has 0 atom stereocenters. The van der Waals surface area contributed by atoms with E-state index in [0.717, 1.165) is 16.0 Å². The van der Waals surface area contributed by atoms with Crippen LogP contribution in [0.3, 0.4) is 0 Å². The molecule has 0 aliphatic heterocycles. The normalized spacial score (nSPS) is 10.4. The third-order valence-corrected chi connectivity index (χ3v) is 4.35. The molecule has 1 amide bonds. The van der Waals surface area contributed by atoms with Crippen molar-refractivity contribution < 1.29 is 14.7 Å². The van der Waals surface area contributed by atoms with Crippen molar-refractivity contribution in [3.8, 4) is 0 Å². The van der Waals surface area contributed by atoms with Crippen LogP contribution in [0.5, 0.6) is 0 Å². The second-order valence-electron chi connectivity index (χ2n) is 4.90. The number of nitrogens with one attached hydrogen (secondary N) is 1. The highest BCUT2D eigenvalue weighted by molar-refractivity contribution is 7.14. The fourth-order valence-electron chi connectivity index (χ4n) is 1.93. The van der Waals surface area contributed by atoms with Crippen LogP contribution in [0.15, 0.2) is 30.3 Å². The first kappa shape index (κ1) is 15.3. The third-order valence-electron chi connectivity index (χ3n) is 3.20. The summed E-state index contributed by atoms with van der Waals surface area (Å²) in [6.45, 7) is 3.97. The number of carboxylic acids is 1. The van der Waals surface area contributed by atoms with Gasteiger partial charge >= 0.3 is 5.97 Å². The van der Waals surface area contributed by atoms with Crippen LogP contribution < -0.4 is 5.32 Å². The van der Waals surface area contributed by atoms with Crippen molar-refractivity contribution in [2.45, 2.75) is 26.7 Å². The molecule has 0 spiro atoms. The number of carboxylic acid groups (broad SMARTS) is 1. The molecule has 0 radical (unpaired) electrons. The Morgan fingerprint density at radius 3 is 2.62 bits per heavy atom. The molecule has 2 N–H and O–H groups in total. The monoisotopic (exact) mass is 303 g/mol. The van der Waals surface area contributed by atoms with Crippen molar-refractivity contribution in [3.63, 3.8) is 0 Å². The highest BCUT2D eigenvalue weighted by Crippen LogP contribution is 2.22. The quantitative estimate of drug-likeness (QED) is 0.886. The van der Waals surface area contributed by atoms with E-state index in [1.54, 1.807) is 6.07 Å². The zero-order chi connectivity index (χ0) is 15.4. The molecule has 0 unspecified atom stereocenters. The van der Waals surface area contributed by atoms with Gasteiger partial charge in [-0.25, -0.2) is 0 Å². The number of aliphatic carboxylic acids is 1. The van der Waals surface area contributed by atoms with Crippen molar-refractivity contribution in [2.24, 2.45) is 0 Å². The summed E-state index contributed by atoms with van der Waals surface area (Å²) in [5.41, 5.74) is 2.70. The minimum atomic E-state index is -0.825. The minimum absolute atomic E-state index is 0.0840. The fourth-order valence-corrected chi connectivity index (χ4v) is 2.86. The number of carbonyl (C=O) groups is 2. The molecule has 2 rings (SSSR count). The van der Waals surface area contributed by atoms with Gasteiger partial charge in [-0.15, -0.1) is 11.3 Å². The van der Waals surface area contributed by atoms with Gasteiger partial charge in [-0.3, -0.25) is 9.59 Å². The average Bonchev–Trinajstić information content (AvgIpc) is 2.77. The van der Waals surface area contributed by atoms with E-state index in [9.17, 15) is 9.59 Å². The zero-order valence-corrected chi connectivity index (χ0v) is 12.8. The highest BCUT2D eigenvalue weighted by atomic mass is 32.1. The summed E-state index contributed by atoms with van der Waals surface area (Å²) >= 11 is 1.47. The summed E-state index contributed by atoms with van der Waals surface area (Å²) in [4.78, 5) is 24.6. The number of hydrogen-bond acceptors (Lipinski definition) is 3. The number of benzene rings is 1. The van der Waals surface area contributed by atoms with Crippen LogP contribution in [-0.4, -0.2) is 17.0 Å². The Balaban J connectivity index is 2.07. The summed E-state index contributed by atoms with van der Waals surface area (Å²) in [6.07, 6.45) is 0.539. The maximum absolute atomic E-state index is 12.2. The van der Waals surface area contributed by atoms with Crippen LogP contribution in [-0.2, 0) is 11.2 Å². The average molecular weight is 303 g/mol. The first-order valence-corrected chi connectivity index (χ1v) is 7.46. The first-order chi connectivity index (χ1) is 9.95. The molecular weight excluding hydrogens is 286 g/mol. The fraction of sp³-hybridized carbons (Fsp3) is 0.250. The maximum Gasteiger partial charge on any atom is 0.303 e. The Bertz CT molecular complexity index is 656. The van der Waals surface area contributed by atoms with Gasteiger partial charge in [-0.2, -0.15) is 0 Å². The van der Waals surface area contributed by atoms with Gasteiger partial charge in [0.2, 0.25) is 0 Å². The second-order valence-corrected chi connectivity index (χ2v) is 6.15. The van der Waals surface area contributed by atoms with Crippen LogP contribution in [0.4, 0.5) is 5.69 Å². The van der Waals surface area contributed by atoms with Gasteiger partial charge in [0.1, 0.15) is 0 Å². The number of aryl methyl sites for hydroxylation is 3. The molecule has 0 fully saturated rings. The van der Waals surface area contributed by atoms with E-state index in [2.05, 4.69) is 5.32 Å². The second kappa shape index (κ2) is 6.54. The van der Waals surface area contributed by atoms with Gasteiger partial charge < -0.3 is 10.4 Å². The van der Waals surface area contributed by atoms with Gasteiger partial charge in [0.25, 0.3) is 5.91 Å². The largest absolute Gasteiger partial charge is 0.481 e. The van der Waals surface area contributed by atoms with Crippen molar-refractivity contribution in [1.82, 2.24) is 0 Å². The van der Waals surface area contributed by atoms with Gasteiger partial charge in [-0.05, 0) is 49.6 Å². The molecule has 0 saturated heterocycles. The van der Waals surface area contributed by atoms with Crippen LogP contribution in [0, 0.1) is 13.8 Å². The van der Waals surface area contributed by atoms with E-state index in [4.69, 9.17) is 5.11 Å². The lowest BCUT2D eigenvalue weighted by molar-refractivity contribution is -0.136. The molecule has 2 aromatic rings. The first-order valence-electron chi connectivity index (χ1n) is 6.65. The highest BCUT2D eigenvalue weighted by Gasteiger charge is 2.11. The van der Waals surface area contributed by atoms with Gasteiger partial charge in [0, 0.05) is 17.0 Å². The number of amides is 1. The molecule has 1 heterocycles. The van der Waals surface area contributed by atoms with Gasteiger partial charge in [-0.1, -0.05) is 12.1 Å².